The standard InChI is InChI=1S/C19H27ClN2O3/c1-3-25-17-15(20)8-13(9-16(17)24-2)10-22-18(23)19-7-5-4-6-14(19)11-21-12-19/h8-9,14,21H,3-7,10-12H2,1-2H3,(H,22,23)/t14-,19+/m0/s1. The quantitative estimate of drug-likeness (QED) is 0.812. The van der Waals surface area contributed by atoms with Crippen LogP contribution in [0, 0.1) is 11.3 Å². The molecule has 0 bridgehead atoms. The molecule has 1 amide bonds. The van der Waals surface area contributed by atoms with Gasteiger partial charge in [-0.25, -0.2) is 0 Å². The van der Waals surface area contributed by atoms with E-state index in [0.29, 0.717) is 35.6 Å². The molecule has 1 aromatic rings. The van der Waals surface area contributed by atoms with Gasteiger partial charge in [0.05, 0.1) is 24.2 Å². The van der Waals surface area contributed by atoms with Crippen molar-refractivity contribution < 1.29 is 14.3 Å². The first-order valence-corrected chi connectivity index (χ1v) is 9.46. The molecule has 2 atom stereocenters. The van der Waals surface area contributed by atoms with Crippen molar-refractivity contribution in [3.05, 3.63) is 22.7 Å². The van der Waals surface area contributed by atoms with E-state index in [0.717, 1.165) is 37.9 Å². The zero-order valence-electron chi connectivity index (χ0n) is 15.0. The van der Waals surface area contributed by atoms with Crippen molar-refractivity contribution in [3.63, 3.8) is 0 Å². The molecule has 0 spiro atoms. The Morgan fingerprint density at radius 2 is 2.28 bits per heavy atom. The summed E-state index contributed by atoms with van der Waals surface area (Å²) >= 11 is 6.32. The van der Waals surface area contributed by atoms with Crippen molar-refractivity contribution in [3.8, 4) is 11.5 Å². The third-order valence-corrected chi connectivity index (χ3v) is 5.80. The van der Waals surface area contributed by atoms with E-state index in [1.165, 1.54) is 6.42 Å². The summed E-state index contributed by atoms with van der Waals surface area (Å²) in [5.74, 6) is 1.76. The number of hydrogen-bond acceptors (Lipinski definition) is 4. The third-order valence-electron chi connectivity index (χ3n) is 5.52. The summed E-state index contributed by atoms with van der Waals surface area (Å²) in [7, 11) is 1.59. The van der Waals surface area contributed by atoms with Gasteiger partial charge in [-0.1, -0.05) is 24.4 Å². The molecule has 1 heterocycles. The van der Waals surface area contributed by atoms with Crippen molar-refractivity contribution in [1.82, 2.24) is 10.6 Å². The van der Waals surface area contributed by atoms with Crippen molar-refractivity contribution in [2.45, 2.75) is 39.2 Å². The Balaban J connectivity index is 1.71. The van der Waals surface area contributed by atoms with Crippen molar-refractivity contribution >= 4 is 17.5 Å². The monoisotopic (exact) mass is 366 g/mol. The minimum atomic E-state index is -0.239. The Bertz CT molecular complexity index is 637. The fourth-order valence-electron chi connectivity index (χ4n) is 4.21. The number of carbonyl (C=O) groups excluding carboxylic acids is 1. The molecule has 0 aromatic heterocycles. The lowest BCUT2D eigenvalue weighted by molar-refractivity contribution is -0.134. The molecular weight excluding hydrogens is 340 g/mol. The van der Waals surface area contributed by atoms with E-state index in [2.05, 4.69) is 10.6 Å². The first kappa shape index (κ1) is 18.3. The second-order valence-corrected chi connectivity index (χ2v) is 7.36. The van der Waals surface area contributed by atoms with Crippen LogP contribution in [-0.4, -0.2) is 32.7 Å². The van der Waals surface area contributed by atoms with Gasteiger partial charge in [-0.05, 0) is 49.9 Å². The zero-order valence-corrected chi connectivity index (χ0v) is 15.7. The molecule has 2 fully saturated rings. The van der Waals surface area contributed by atoms with Crippen LogP contribution in [0.4, 0.5) is 0 Å². The van der Waals surface area contributed by atoms with E-state index in [4.69, 9.17) is 21.1 Å². The number of nitrogens with one attached hydrogen (secondary N) is 2. The Kier molecular flexibility index (Phi) is 5.74. The van der Waals surface area contributed by atoms with Gasteiger partial charge >= 0.3 is 0 Å². The van der Waals surface area contributed by atoms with Crippen LogP contribution in [-0.2, 0) is 11.3 Å². The number of benzene rings is 1. The van der Waals surface area contributed by atoms with E-state index in [1.54, 1.807) is 7.11 Å². The maximum atomic E-state index is 12.9. The smallest absolute Gasteiger partial charge is 0.228 e. The number of fused-ring (bicyclic) bond motifs is 1. The molecule has 1 saturated carbocycles. The van der Waals surface area contributed by atoms with Gasteiger partial charge in [0.2, 0.25) is 5.91 Å². The first-order chi connectivity index (χ1) is 12.1. The van der Waals surface area contributed by atoms with E-state index in [1.807, 2.05) is 19.1 Å². The van der Waals surface area contributed by atoms with Gasteiger partial charge in [-0.15, -0.1) is 0 Å². The Labute approximate surface area is 154 Å². The van der Waals surface area contributed by atoms with Crippen LogP contribution in [0.3, 0.4) is 0 Å². The molecular formula is C19H27ClN2O3. The van der Waals surface area contributed by atoms with Crippen LogP contribution in [0.2, 0.25) is 5.02 Å². The highest BCUT2D eigenvalue weighted by atomic mass is 35.5. The van der Waals surface area contributed by atoms with Crippen LogP contribution >= 0.6 is 11.6 Å². The third kappa shape index (κ3) is 3.58. The second kappa shape index (κ2) is 7.83. The lowest BCUT2D eigenvalue weighted by atomic mass is 9.67. The van der Waals surface area contributed by atoms with Crippen LogP contribution in [0.15, 0.2) is 12.1 Å². The van der Waals surface area contributed by atoms with Gasteiger partial charge in [-0.2, -0.15) is 0 Å². The predicted molar refractivity (Wildman–Crippen MR) is 98.3 cm³/mol. The second-order valence-electron chi connectivity index (χ2n) is 6.95. The maximum absolute atomic E-state index is 12.9. The fourth-order valence-corrected chi connectivity index (χ4v) is 4.50. The number of amides is 1. The highest BCUT2D eigenvalue weighted by Gasteiger charge is 2.49. The molecule has 25 heavy (non-hydrogen) atoms. The highest BCUT2D eigenvalue weighted by Crippen LogP contribution is 2.44. The minimum absolute atomic E-state index is 0.158. The SMILES string of the molecule is CCOc1c(Cl)cc(CNC(=O)[C@@]23CCCC[C@H]2CNC3)cc1OC. The molecule has 2 N–H and O–H groups in total. The average molecular weight is 367 g/mol. The highest BCUT2D eigenvalue weighted by molar-refractivity contribution is 6.32. The summed E-state index contributed by atoms with van der Waals surface area (Å²) in [4.78, 5) is 12.9. The fraction of sp³-hybridized carbons (Fsp3) is 0.632. The summed E-state index contributed by atoms with van der Waals surface area (Å²) < 4.78 is 10.9. The summed E-state index contributed by atoms with van der Waals surface area (Å²) in [6, 6.07) is 3.71. The molecule has 3 rings (SSSR count). The van der Waals surface area contributed by atoms with Crippen LogP contribution < -0.4 is 20.1 Å². The summed E-state index contributed by atoms with van der Waals surface area (Å²) in [6.45, 7) is 4.60. The van der Waals surface area contributed by atoms with Crippen molar-refractivity contribution in [1.29, 1.82) is 0 Å². The summed E-state index contributed by atoms with van der Waals surface area (Å²) in [5, 5.41) is 7.04. The normalized spacial score (nSPS) is 25.3. The van der Waals surface area contributed by atoms with Gasteiger partial charge in [-0.3, -0.25) is 4.79 Å². The molecule has 1 aromatic carbocycles. The predicted octanol–water partition coefficient (Wildman–Crippen LogP) is 3.14. The molecule has 1 saturated heterocycles. The Morgan fingerprint density at radius 3 is 3.04 bits per heavy atom. The van der Waals surface area contributed by atoms with Gasteiger partial charge < -0.3 is 20.1 Å². The summed E-state index contributed by atoms with van der Waals surface area (Å²) in [6.07, 6.45) is 4.48. The molecule has 6 heteroatoms. The average Bonchev–Trinajstić information content (AvgIpc) is 3.06. The molecule has 2 aliphatic rings. The molecule has 0 unspecified atom stereocenters. The van der Waals surface area contributed by atoms with E-state index in [-0.39, 0.29) is 11.3 Å². The number of ether oxygens (including phenoxy) is 2. The number of carbonyl (C=O) groups is 1. The number of rotatable bonds is 6. The largest absolute Gasteiger partial charge is 0.493 e. The van der Waals surface area contributed by atoms with E-state index in [9.17, 15) is 4.79 Å². The lowest BCUT2D eigenvalue weighted by Gasteiger charge is -2.37. The minimum Gasteiger partial charge on any atom is -0.493 e. The Morgan fingerprint density at radius 1 is 1.44 bits per heavy atom. The first-order valence-electron chi connectivity index (χ1n) is 9.09. The molecule has 1 aliphatic carbocycles. The van der Waals surface area contributed by atoms with Gasteiger partial charge in [0.25, 0.3) is 0 Å². The van der Waals surface area contributed by atoms with Crippen LogP contribution in [0.5, 0.6) is 11.5 Å². The zero-order chi connectivity index (χ0) is 17.9. The maximum Gasteiger partial charge on any atom is 0.228 e. The summed E-state index contributed by atoms with van der Waals surface area (Å²) in [5.41, 5.74) is 0.672. The molecule has 1 aliphatic heterocycles. The van der Waals surface area contributed by atoms with E-state index >= 15 is 0 Å². The van der Waals surface area contributed by atoms with Crippen LogP contribution in [0.25, 0.3) is 0 Å². The molecule has 5 nitrogen and oxygen atoms in total. The van der Waals surface area contributed by atoms with Gasteiger partial charge in [0, 0.05) is 13.1 Å². The lowest BCUT2D eigenvalue weighted by Crippen LogP contribution is -2.47. The van der Waals surface area contributed by atoms with Gasteiger partial charge in [0.1, 0.15) is 0 Å². The number of halogens is 1. The van der Waals surface area contributed by atoms with Crippen LogP contribution in [0.1, 0.15) is 38.2 Å². The molecule has 138 valence electrons. The number of hydrogen-bond donors (Lipinski definition) is 2. The van der Waals surface area contributed by atoms with E-state index < -0.39 is 0 Å². The van der Waals surface area contributed by atoms with Gasteiger partial charge in [0.15, 0.2) is 11.5 Å². The topological polar surface area (TPSA) is 59.6 Å². The number of methoxy groups -OCH3 is 1. The van der Waals surface area contributed by atoms with Crippen molar-refractivity contribution in [2.75, 3.05) is 26.8 Å². The molecule has 0 radical (unpaired) electrons. The Hall–Kier alpha value is -1.46. The van der Waals surface area contributed by atoms with Crippen molar-refractivity contribution in [2.24, 2.45) is 11.3 Å².